The van der Waals surface area contributed by atoms with Crippen molar-refractivity contribution in [2.45, 2.75) is 0 Å². The molecule has 0 saturated carbocycles. The molecule has 0 atom stereocenters. The quantitative estimate of drug-likeness (QED) is 0.176. The minimum atomic E-state index is 0.713. The molecule has 0 spiro atoms. The van der Waals surface area contributed by atoms with Crippen molar-refractivity contribution in [3.63, 3.8) is 0 Å². The zero-order valence-corrected chi connectivity index (χ0v) is 26.0. The highest BCUT2D eigenvalue weighted by Gasteiger charge is 2.18. The zero-order valence-electron chi connectivity index (χ0n) is 25.2. The fourth-order valence-electron chi connectivity index (χ4n) is 7.47. The first kappa shape index (κ1) is 26.1. The van der Waals surface area contributed by atoms with E-state index in [4.69, 9.17) is 6.57 Å². The monoisotopic (exact) mass is 615 g/mol. The Labute approximate surface area is 274 Å². The molecule has 0 saturated heterocycles. The van der Waals surface area contributed by atoms with Gasteiger partial charge in [0, 0.05) is 37.3 Å². The van der Waals surface area contributed by atoms with Gasteiger partial charge in [0.15, 0.2) is 0 Å². The predicted molar refractivity (Wildman–Crippen MR) is 200 cm³/mol. The summed E-state index contributed by atoms with van der Waals surface area (Å²) in [5.41, 5.74) is 10.2. The number of rotatable bonds is 3. The van der Waals surface area contributed by atoms with E-state index in [1.165, 1.54) is 70.5 Å². The summed E-state index contributed by atoms with van der Waals surface area (Å²) in [6.45, 7) is 7.75. The molecule has 4 heteroatoms. The van der Waals surface area contributed by atoms with E-state index < -0.39 is 0 Å². The van der Waals surface area contributed by atoms with Crippen molar-refractivity contribution in [3.05, 3.63) is 163 Å². The molecule has 0 fully saturated rings. The van der Waals surface area contributed by atoms with Gasteiger partial charge >= 0.3 is 0 Å². The van der Waals surface area contributed by atoms with Crippen LogP contribution in [0.2, 0.25) is 0 Å². The molecule has 0 unspecified atom stereocenters. The molecule has 7 aromatic carbocycles. The van der Waals surface area contributed by atoms with Crippen LogP contribution in [0.1, 0.15) is 0 Å². The van der Waals surface area contributed by atoms with Crippen molar-refractivity contribution in [2.24, 2.45) is 0 Å². The first-order chi connectivity index (χ1) is 23.3. The van der Waals surface area contributed by atoms with Gasteiger partial charge in [0.1, 0.15) is 0 Å². The molecule has 10 rings (SSSR count). The van der Waals surface area contributed by atoms with Crippen LogP contribution in [-0.2, 0) is 0 Å². The average Bonchev–Trinajstić information content (AvgIpc) is 3.79. The van der Waals surface area contributed by atoms with Gasteiger partial charge in [-0.05, 0) is 71.1 Å². The highest BCUT2D eigenvalue weighted by molar-refractivity contribution is 7.26. The number of hydrogen-bond acceptors (Lipinski definition) is 1. The van der Waals surface area contributed by atoms with Gasteiger partial charge in [0.2, 0.25) is 5.69 Å². The van der Waals surface area contributed by atoms with Crippen LogP contribution in [0.25, 0.3) is 91.1 Å². The summed E-state index contributed by atoms with van der Waals surface area (Å²) < 4.78 is 7.02. The van der Waals surface area contributed by atoms with Crippen LogP contribution < -0.4 is 0 Å². The molecule has 0 aliphatic carbocycles. The summed E-state index contributed by atoms with van der Waals surface area (Å²) in [5.74, 6) is 0. The number of thiophene rings is 1. The maximum absolute atomic E-state index is 7.75. The molecule has 10 aromatic rings. The Kier molecular flexibility index (Phi) is 5.51. The molecule has 0 bridgehead atoms. The van der Waals surface area contributed by atoms with Crippen LogP contribution in [0.4, 0.5) is 5.69 Å². The van der Waals surface area contributed by atoms with E-state index >= 15 is 0 Å². The molecule has 0 aliphatic rings. The predicted octanol–water partition coefficient (Wildman–Crippen LogP) is 12.5. The minimum Gasteiger partial charge on any atom is -0.309 e. The highest BCUT2D eigenvalue weighted by Crippen LogP contribution is 2.44. The Morgan fingerprint density at radius 3 is 1.64 bits per heavy atom. The topological polar surface area (TPSA) is 14.2 Å². The van der Waals surface area contributed by atoms with E-state index in [1.807, 2.05) is 12.1 Å². The van der Waals surface area contributed by atoms with Crippen LogP contribution in [0.5, 0.6) is 0 Å². The van der Waals surface area contributed by atoms with E-state index in [-0.39, 0.29) is 0 Å². The van der Waals surface area contributed by atoms with E-state index in [9.17, 15) is 0 Å². The maximum Gasteiger partial charge on any atom is 0.204 e. The zero-order chi connectivity index (χ0) is 31.1. The summed E-state index contributed by atoms with van der Waals surface area (Å²) in [5, 5.41) is 7.30. The average molecular weight is 616 g/mol. The minimum absolute atomic E-state index is 0.713. The largest absolute Gasteiger partial charge is 0.309 e. The molecule has 0 radical (unpaired) electrons. The van der Waals surface area contributed by atoms with Gasteiger partial charge in [-0.1, -0.05) is 97.1 Å². The summed E-state index contributed by atoms with van der Waals surface area (Å²) in [6.07, 6.45) is 0. The van der Waals surface area contributed by atoms with Crippen molar-refractivity contribution in [2.75, 3.05) is 0 Å². The molecule has 0 amide bonds. The van der Waals surface area contributed by atoms with E-state index in [0.717, 1.165) is 15.8 Å². The van der Waals surface area contributed by atoms with Gasteiger partial charge in [0.05, 0.1) is 39.0 Å². The number of fused-ring (bicyclic) bond motifs is 9. The van der Waals surface area contributed by atoms with Crippen molar-refractivity contribution < 1.29 is 0 Å². The molecule has 3 nitrogen and oxygen atoms in total. The van der Waals surface area contributed by atoms with Crippen molar-refractivity contribution in [1.82, 2.24) is 9.13 Å². The maximum atomic E-state index is 7.75. The SMILES string of the molecule is [C-]#[N+]c1cccc2c1sc1c(-n3c4ccccc4c4cc(-c5ccc6c(c5)c5ccccc5n6-c5ccccc5)ccc43)cccc12. The molecular weight excluding hydrogens is 591 g/mol. The number of para-hydroxylation sites is 3. The third-order valence-electron chi connectivity index (χ3n) is 9.54. The Balaban J connectivity index is 1.20. The lowest BCUT2D eigenvalue weighted by molar-refractivity contribution is 1.18. The fraction of sp³-hybridized carbons (Fsp3) is 0. The van der Waals surface area contributed by atoms with Crippen LogP contribution >= 0.6 is 11.3 Å². The number of aromatic nitrogens is 2. The molecule has 3 aromatic heterocycles. The first-order valence-corrected chi connectivity index (χ1v) is 16.5. The van der Waals surface area contributed by atoms with Gasteiger partial charge in [-0.15, -0.1) is 11.3 Å². The lowest BCUT2D eigenvalue weighted by Gasteiger charge is -2.10. The summed E-state index contributed by atoms with van der Waals surface area (Å²) in [4.78, 5) is 3.83. The Hall–Kier alpha value is -6.15. The van der Waals surface area contributed by atoms with Crippen LogP contribution in [-0.4, -0.2) is 9.13 Å². The van der Waals surface area contributed by atoms with Gasteiger partial charge in [-0.3, -0.25) is 0 Å². The molecule has 0 N–H and O–H groups in total. The Bertz CT molecular complexity index is 2910. The van der Waals surface area contributed by atoms with E-state index in [2.05, 4.69) is 154 Å². The Morgan fingerprint density at radius 1 is 0.426 bits per heavy atom. The molecule has 218 valence electrons. The van der Waals surface area contributed by atoms with E-state index in [0.29, 0.717) is 5.69 Å². The van der Waals surface area contributed by atoms with Gasteiger partial charge < -0.3 is 9.13 Å². The van der Waals surface area contributed by atoms with E-state index in [1.54, 1.807) is 11.3 Å². The summed E-state index contributed by atoms with van der Waals surface area (Å²) >= 11 is 1.72. The van der Waals surface area contributed by atoms with Gasteiger partial charge in [0.25, 0.3) is 0 Å². The molecule has 3 heterocycles. The second kappa shape index (κ2) is 9.92. The molecule has 0 aliphatic heterocycles. The molecule has 47 heavy (non-hydrogen) atoms. The third-order valence-corrected chi connectivity index (χ3v) is 10.8. The molecular formula is C43H25N3S. The number of benzene rings is 7. The second-order valence-electron chi connectivity index (χ2n) is 12.0. The van der Waals surface area contributed by atoms with Gasteiger partial charge in [-0.25, -0.2) is 4.85 Å². The Morgan fingerprint density at radius 2 is 0.957 bits per heavy atom. The van der Waals surface area contributed by atoms with Crippen LogP contribution in [0, 0.1) is 6.57 Å². The third kappa shape index (κ3) is 3.72. The standard InChI is InChI=1S/C43H25N3S/c1-44-36-17-9-15-32-33-16-10-20-41(43(33)47-42(32)36)46-38-19-8-6-14-31(38)35-26-28(22-24-40(35)46)27-21-23-39-34(25-27)30-13-5-7-18-37(30)45(39)29-11-3-2-4-12-29/h2-26H. The van der Waals surface area contributed by atoms with Gasteiger partial charge in [-0.2, -0.15) is 0 Å². The smallest absolute Gasteiger partial charge is 0.204 e. The first-order valence-electron chi connectivity index (χ1n) is 15.7. The lowest BCUT2D eigenvalue weighted by atomic mass is 10.0. The lowest BCUT2D eigenvalue weighted by Crippen LogP contribution is -1.94. The van der Waals surface area contributed by atoms with Crippen LogP contribution in [0.3, 0.4) is 0 Å². The van der Waals surface area contributed by atoms with Crippen molar-refractivity contribution >= 4 is 80.8 Å². The van der Waals surface area contributed by atoms with Crippen molar-refractivity contribution in [3.8, 4) is 22.5 Å². The summed E-state index contributed by atoms with van der Waals surface area (Å²) in [7, 11) is 0. The second-order valence-corrected chi connectivity index (χ2v) is 13.0. The number of nitrogens with zero attached hydrogens (tertiary/aromatic N) is 3. The number of hydrogen-bond donors (Lipinski definition) is 0. The van der Waals surface area contributed by atoms with Crippen molar-refractivity contribution in [1.29, 1.82) is 0 Å². The fourth-order valence-corrected chi connectivity index (χ4v) is 8.74. The normalized spacial score (nSPS) is 11.8. The summed E-state index contributed by atoms with van der Waals surface area (Å²) in [6, 6.07) is 54.4. The highest BCUT2D eigenvalue weighted by atomic mass is 32.1. The van der Waals surface area contributed by atoms with Crippen LogP contribution in [0.15, 0.2) is 152 Å².